The van der Waals surface area contributed by atoms with Crippen LogP contribution in [0.1, 0.15) is 25.7 Å². The van der Waals surface area contributed by atoms with Gasteiger partial charge in [0.15, 0.2) is 6.61 Å². The quantitative estimate of drug-likeness (QED) is 0.706. The van der Waals surface area contributed by atoms with Gasteiger partial charge in [0, 0.05) is 11.7 Å². The Morgan fingerprint density at radius 3 is 2.46 bits per heavy atom. The molecule has 1 saturated carbocycles. The Labute approximate surface area is 168 Å². The number of hydrogen-bond acceptors (Lipinski definition) is 4. The molecule has 0 atom stereocenters. The molecule has 1 aliphatic rings. The topological polar surface area (TPSA) is 84.5 Å². The molecule has 0 saturated heterocycles. The molecule has 2 N–H and O–H groups in total. The number of anilines is 1. The highest BCUT2D eigenvalue weighted by Gasteiger charge is 2.19. The van der Waals surface area contributed by atoms with Crippen LogP contribution in [-0.4, -0.2) is 27.0 Å². The maximum absolute atomic E-state index is 12.9. The van der Waals surface area contributed by atoms with Crippen molar-refractivity contribution in [2.24, 2.45) is 0 Å². The number of hydrogen-bond donors (Lipinski definition) is 2. The van der Waals surface area contributed by atoms with E-state index in [-0.39, 0.29) is 39.9 Å². The van der Waals surface area contributed by atoms with Crippen LogP contribution in [0.5, 0.6) is 5.75 Å². The van der Waals surface area contributed by atoms with E-state index in [4.69, 9.17) is 16.3 Å². The fraction of sp³-hybridized carbons (Fsp3) is 0.316. The van der Waals surface area contributed by atoms with Crippen LogP contribution in [0.25, 0.3) is 0 Å². The first kappa shape index (κ1) is 20.4. The van der Waals surface area contributed by atoms with Crippen molar-refractivity contribution < 1.29 is 22.3 Å². The SMILES string of the molecule is O=C(COc1ccc(S(=O)(=O)Nc2ccc(F)cc2)cc1Cl)NC1CCCC1. The van der Waals surface area contributed by atoms with Crippen molar-refractivity contribution in [3.8, 4) is 5.75 Å². The summed E-state index contributed by atoms with van der Waals surface area (Å²) in [6.45, 7) is -0.198. The summed E-state index contributed by atoms with van der Waals surface area (Å²) in [6.07, 6.45) is 4.17. The van der Waals surface area contributed by atoms with Gasteiger partial charge in [-0.2, -0.15) is 0 Å². The van der Waals surface area contributed by atoms with Crippen molar-refractivity contribution in [2.75, 3.05) is 11.3 Å². The number of carbonyl (C=O) groups excluding carboxylic acids is 1. The van der Waals surface area contributed by atoms with Crippen molar-refractivity contribution in [3.05, 3.63) is 53.3 Å². The monoisotopic (exact) mass is 426 g/mol. The highest BCUT2D eigenvalue weighted by molar-refractivity contribution is 7.92. The minimum Gasteiger partial charge on any atom is -0.482 e. The lowest BCUT2D eigenvalue weighted by atomic mass is 10.2. The van der Waals surface area contributed by atoms with Gasteiger partial charge in [-0.25, -0.2) is 12.8 Å². The van der Waals surface area contributed by atoms with E-state index >= 15 is 0 Å². The van der Waals surface area contributed by atoms with Crippen molar-refractivity contribution in [3.63, 3.8) is 0 Å². The predicted octanol–water partition coefficient (Wildman–Crippen LogP) is 3.72. The minimum atomic E-state index is -3.90. The van der Waals surface area contributed by atoms with E-state index in [1.807, 2.05) is 0 Å². The lowest BCUT2D eigenvalue weighted by molar-refractivity contribution is -0.123. The zero-order valence-electron chi connectivity index (χ0n) is 15.0. The highest BCUT2D eigenvalue weighted by atomic mass is 35.5. The van der Waals surface area contributed by atoms with E-state index < -0.39 is 15.8 Å². The molecule has 1 fully saturated rings. The molecule has 150 valence electrons. The molecule has 0 unspecified atom stereocenters. The lowest BCUT2D eigenvalue weighted by Crippen LogP contribution is -2.36. The van der Waals surface area contributed by atoms with E-state index in [0.717, 1.165) is 37.8 Å². The number of sulfonamides is 1. The van der Waals surface area contributed by atoms with Gasteiger partial charge in [-0.15, -0.1) is 0 Å². The van der Waals surface area contributed by atoms with Gasteiger partial charge in [0.25, 0.3) is 15.9 Å². The number of rotatable bonds is 7. The summed E-state index contributed by atoms with van der Waals surface area (Å²) in [5, 5.41) is 2.96. The minimum absolute atomic E-state index is 0.0654. The highest BCUT2D eigenvalue weighted by Crippen LogP contribution is 2.28. The Morgan fingerprint density at radius 2 is 1.82 bits per heavy atom. The average molecular weight is 427 g/mol. The molecule has 2 aromatic carbocycles. The van der Waals surface area contributed by atoms with Crippen LogP contribution in [0, 0.1) is 5.82 Å². The number of nitrogens with one attached hydrogen (secondary N) is 2. The number of carbonyl (C=O) groups is 1. The molecule has 1 aliphatic carbocycles. The first-order valence-electron chi connectivity index (χ1n) is 8.83. The summed E-state index contributed by atoms with van der Waals surface area (Å²) in [4.78, 5) is 11.8. The first-order valence-corrected chi connectivity index (χ1v) is 10.7. The molecule has 0 aliphatic heterocycles. The van der Waals surface area contributed by atoms with Crippen molar-refractivity contribution in [1.82, 2.24) is 5.32 Å². The van der Waals surface area contributed by atoms with E-state index in [2.05, 4.69) is 10.0 Å². The summed E-state index contributed by atoms with van der Waals surface area (Å²) < 4.78 is 45.6. The Morgan fingerprint density at radius 1 is 1.14 bits per heavy atom. The number of amides is 1. The van der Waals surface area contributed by atoms with Gasteiger partial charge in [-0.3, -0.25) is 9.52 Å². The number of benzene rings is 2. The van der Waals surface area contributed by atoms with Crippen molar-refractivity contribution in [1.29, 1.82) is 0 Å². The van der Waals surface area contributed by atoms with Gasteiger partial charge >= 0.3 is 0 Å². The Hall–Kier alpha value is -2.32. The molecular formula is C19H20ClFN2O4S. The third-order valence-corrected chi connectivity index (χ3v) is 6.06. The van der Waals surface area contributed by atoms with Crippen molar-refractivity contribution in [2.45, 2.75) is 36.6 Å². The van der Waals surface area contributed by atoms with Gasteiger partial charge in [0.05, 0.1) is 9.92 Å². The second-order valence-electron chi connectivity index (χ2n) is 6.54. The maximum atomic E-state index is 12.9. The number of halogens is 2. The van der Waals surface area contributed by atoms with Crippen LogP contribution >= 0.6 is 11.6 Å². The predicted molar refractivity (Wildman–Crippen MR) is 105 cm³/mol. The normalized spacial score (nSPS) is 14.6. The average Bonchev–Trinajstić information content (AvgIpc) is 3.15. The second-order valence-corrected chi connectivity index (χ2v) is 8.63. The Balaban J connectivity index is 1.62. The summed E-state index contributed by atoms with van der Waals surface area (Å²) in [6, 6.07) is 9.07. The molecule has 3 rings (SSSR count). The molecular weight excluding hydrogens is 407 g/mol. The van der Waals surface area contributed by atoms with Gasteiger partial charge < -0.3 is 10.1 Å². The van der Waals surface area contributed by atoms with Crippen LogP contribution in [0.2, 0.25) is 5.02 Å². The summed E-state index contributed by atoms with van der Waals surface area (Å²) >= 11 is 6.11. The molecule has 28 heavy (non-hydrogen) atoms. The molecule has 0 heterocycles. The van der Waals surface area contributed by atoms with Crippen molar-refractivity contribution >= 4 is 33.2 Å². The van der Waals surface area contributed by atoms with E-state index in [1.54, 1.807) is 0 Å². The smallest absolute Gasteiger partial charge is 0.261 e. The third kappa shape index (κ3) is 5.36. The summed E-state index contributed by atoms with van der Waals surface area (Å²) in [5.74, 6) is -0.494. The van der Waals surface area contributed by atoms with Crippen LogP contribution in [0.3, 0.4) is 0 Å². The fourth-order valence-electron chi connectivity index (χ4n) is 2.98. The Bertz CT molecular complexity index is 945. The maximum Gasteiger partial charge on any atom is 0.261 e. The van der Waals surface area contributed by atoms with Gasteiger partial charge in [0.1, 0.15) is 11.6 Å². The Kier molecular flexibility index (Phi) is 6.41. The van der Waals surface area contributed by atoms with E-state index in [0.29, 0.717) is 0 Å². The van der Waals surface area contributed by atoms with Gasteiger partial charge in [0.2, 0.25) is 0 Å². The molecule has 0 bridgehead atoms. The molecule has 1 amide bonds. The molecule has 0 radical (unpaired) electrons. The van der Waals surface area contributed by atoms with Crippen LogP contribution in [-0.2, 0) is 14.8 Å². The van der Waals surface area contributed by atoms with Gasteiger partial charge in [-0.1, -0.05) is 24.4 Å². The largest absolute Gasteiger partial charge is 0.482 e. The zero-order chi connectivity index (χ0) is 20.1. The molecule has 9 heteroatoms. The standard InChI is InChI=1S/C19H20ClFN2O4S/c20-17-11-16(28(25,26)23-15-7-5-13(21)6-8-15)9-10-18(17)27-12-19(24)22-14-3-1-2-4-14/h5-11,14,23H,1-4,12H2,(H,22,24). The van der Waals surface area contributed by atoms with E-state index in [9.17, 15) is 17.6 Å². The third-order valence-electron chi connectivity index (χ3n) is 4.39. The number of ether oxygens (including phenoxy) is 1. The van der Waals surface area contributed by atoms with Gasteiger partial charge in [-0.05, 0) is 55.3 Å². The second kappa shape index (κ2) is 8.79. The van der Waals surface area contributed by atoms with E-state index in [1.165, 1.54) is 30.3 Å². The molecule has 6 nitrogen and oxygen atoms in total. The summed E-state index contributed by atoms with van der Waals surface area (Å²) in [7, 11) is -3.90. The molecule has 0 spiro atoms. The molecule has 0 aromatic heterocycles. The van der Waals surface area contributed by atoms with Crippen LogP contribution in [0.15, 0.2) is 47.4 Å². The first-order chi connectivity index (χ1) is 13.3. The summed E-state index contributed by atoms with van der Waals surface area (Å²) in [5.41, 5.74) is 0.224. The van der Waals surface area contributed by atoms with Crippen LogP contribution in [0.4, 0.5) is 10.1 Å². The van der Waals surface area contributed by atoms with Crippen LogP contribution < -0.4 is 14.8 Å². The molecule has 2 aromatic rings. The lowest BCUT2D eigenvalue weighted by Gasteiger charge is -2.14. The zero-order valence-corrected chi connectivity index (χ0v) is 16.5. The fourth-order valence-corrected chi connectivity index (χ4v) is 4.36.